The maximum absolute atomic E-state index is 3.60. The number of rotatable bonds is 1. The predicted octanol–water partition coefficient (Wildman–Crippen LogP) is 3.45. The molecule has 0 aromatic rings. The van der Waals surface area contributed by atoms with Crippen LogP contribution in [0.2, 0.25) is 0 Å². The standard InChI is InChI=1S/C13H27N/c1-6-11-9-14-8-7-12(2,3)10-13(11,4)5/h11,14H,6-10H2,1-5H3. The highest BCUT2D eigenvalue weighted by atomic mass is 14.9. The minimum Gasteiger partial charge on any atom is -0.316 e. The highest BCUT2D eigenvalue weighted by Crippen LogP contribution is 2.42. The van der Waals surface area contributed by atoms with E-state index in [4.69, 9.17) is 0 Å². The molecule has 0 saturated carbocycles. The molecular formula is C13H27N. The van der Waals surface area contributed by atoms with Gasteiger partial charge in [-0.15, -0.1) is 0 Å². The van der Waals surface area contributed by atoms with E-state index in [1.54, 1.807) is 0 Å². The first kappa shape index (κ1) is 12.0. The van der Waals surface area contributed by atoms with Gasteiger partial charge in [-0.25, -0.2) is 0 Å². The number of hydrogen-bond donors (Lipinski definition) is 1. The minimum absolute atomic E-state index is 0.492. The minimum atomic E-state index is 0.492. The first-order valence-electron chi connectivity index (χ1n) is 6.08. The van der Waals surface area contributed by atoms with Crippen LogP contribution >= 0.6 is 0 Å². The molecule has 0 spiro atoms. The Balaban J connectivity index is 2.74. The van der Waals surface area contributed by atoms with E-state index in [2.05, 4.69) is 39.9 Å². The molecule has 1 heteroatoms. The summed E-state index contributed by atoms with van der Waals surface area (Å²) in [6.45, 7) is 14.4. The fraction of sp³-hybridized carbons (Fsp3) is 1.00. The number of hydrogen-bond acceptors (Lipinski definition) is 1. The van der Waals surface area contributed by atoms with Gasteiger partial charge >= 0.3 is 0 Å². The van der Waals surface area contributed by atoms with Crippen LogP contribution < -0.4 is 5.32 Å². The van der Waals surface area contributed by atoms with Gasteiger partial charge in [0.25, 0.3) is 0 Å². The maximum Gasteiger partial charge on any atom is -0.00155 e. The molecule has 0 radical (unpaired) electrons. The van der Waals surface area contributed by atoms with Crippen molar-refractivity contribution in [3.63, 3.8) is 0 Å². The fourth-order valence-corrected chi connectivity index (χ4v) is 3.14. The average molecular weight is 197 g/mol. The van der Waals surface area contributed by atoms with E-state index in [1.165, 1.54) is 32.4 Å². The van der Waals surface area contributed by atoms with Crippen LogP contribution in [0, 0.1) is 16.7 Å². The van der Waals surface area contributed by atoms with Crippen LogP contribution in [0.4, 0.5) is 0 Å². The van der Waals surface area contributed by atoms with Crippen molar-refractivity contribution in [3.8, 4) is 0 Å². The zero-order chi connectivity index (χ0) is 10.8. The van der Waals surface area contributed by atoms with Crippen molar-refractivity contribution >= 4 is 0 Å². The molecular weight excluding hydrogens is 170 g/mol. The van der Waals surface area contributed by atoms with E-state index in [1.807, 2.05) is 0 Å². The summed E-state index contributed by atoms with van der Waals surface area (Å²) in [7, 11) is 0. The van der Waals surface area contributed by atoms with E-state index in [-0.39, 0.29) is 0 Å². The molecule has 0 aromatic heterocycles. The Morgan fingerprint density at radius 2 is 1.86 bits per heavy atom. The summed E-state index contributed by atoms with van der Waals surface area (Å²) in [5.41, 5.74) is 0.996. The van der Waals surface area contributed by atoms with Crippen molar-refractivity contribution < 1.29 is 0 Å². The van der Waals surface area contributed by atoms with Gasteiger partial charge in [0.15, 0.2) is 0 Å². The predicted molar refractivity (Wildman–Crippen MR) is 63.4 cm³/mol. The lowest BCUT2D eigenvalue weighted by atomic mass is 9.65. The molecule has 0 aromatic carbocycles. The van der Waals surface area contributed by atoms with Crippen LogP contribution in [-0.4, -0.2) is 13.1 Å². The molecule has 1 aliphatic heterocycles. The summed E-state index contributed by atoms with van der Waals surface area (Å²) in [5, 5.41) is 3.60. The summed E-state index contributed by atoms with van der Waals surface area (Å²) >= 11 is 0. The molecule has 0 bridgehead atoms. The molecule has 1 atom stereocenters. The summed E-state index contributed by atoms with van der Waals surface area (Å²) in [6.07, 6.45) is 3.98. The molecule has 0 aliphatic carbocycles. The molecule has 14 heavy (non-hydrogen) atoms. The molecule has 1 fully saturated rings. The van der Waals surface area contributed by atoms with Crippen LogP contribution in [0.1, 0.15) is 53.9 Å². The second-order valence-electron chi connectivity index (χ2n) is 6.39. The van der Waals surface area contributed by atoms with E-state index in [9.17, 15) is 0 Å². The molecule has 0 amide bonds. The fourth-order valence-electron chi connectivity index (χ4n) is 3.14. The molecule has 1 unspecified atom stereocenters. The third-order valence-corrected chi connectivity index (χ3v) is 3.90. The third kappa shape index (κ3) is 2.98. The largest absolute Gasteiger partial charge is 0.316 e. The van der Waals surface area contributed by atoms with Crippen molar-refractivity contribution in [2.45, 2.75) is 53.9 Å². The van der Waals surface area contributed by atoms with Crippen LogP contribution in [0.3, 0.4) is 0 Å². The van der Waals surface area contributed by atoms with Gasteiger partial charge in [-0.05, 0) is 42.7 Å². The van der Waals surface area contributed by atoms with Crippen molar-refractivity contribution in [2.24, 2.45) is 16.7 Å². The Hall–Kier alpha value is -0.0400. The van der Waals surface area contributed by atoms with Crippen LogP contribution in [0.25, 0.3) is 0 Å². The second kappa shape index (κ2) is 4.22. The topological polar surface area (TPSA) is 12.0 Å². The molecule has 84 valence electrons. The maximum atomic E-state index is 3.60. The molecule has 1 heterocycles. The van der Waals surface area contributed by atoms with Gasteiger partial charge in [0.1, 0.15) is 0 Å². The first-order chi connectivity index (χ1) is 6.37. The van der Waals surface area contributed by atoms with E-state index < -0.39 is 0 Å². The van der Waals surface area contributed by atoms with Gasteiger partial charge in [-0.2, -0.15) is 0 Å². The van der Waals surface area contributed by atoms with Crippen molar-refractivity contribution in [2.75, 3.05) is 13.1 Å². The third-order valence-electron chi connectivity index (χ3n) is 3.90. The Bertz CT molecular complexity index is 182. The van der Waals surface area contributed by atoms with Crippen LogP contribution in [0.5, 0.6) is 0 Å². The van der Waals surface area contributed by atoms with Gasteiger partial charge in [0, 0.05) is 0 Å². The molecule has 1 aliphatic rings. The normalized spacial score (nSPS) is 31.9. The average Bonchev–Trinajstić information content (AvgIpc) is 1.99. The van der Waals surface area contributed by atoms with Crippen LogP contribution in [-0.2, 0) is 0 Å². The Morgan fingerprint density at radius 1 is 1.21 bits per heavy atom. The lowest BCUT2D eigenvalue weighted by molar-refractivity contribution is 0.0929. The zero-order valence-electron chi connectivity index (χ0n) is 10.6. The molecule has 1 rings (SSSR count). The molecule has 1 saturated heterocycles. The first-order valence-corrected chi connectivity index (χ1v) is 6.08. The lowest BCUT2D eigenvalue weighted by Gasteiger charge is -2.43. The van der Waals surface area contributed by atoms with Gasteiger partial charge in [-0.1, -0.05) is 41.0 Å². The Morgan fingerprint density at radius 3 is 2.43 bits per heavy atom. The summed E-state index contributed by atoms with van der Waals surface area (Å²) in [6, 6.07) is 0. The van der Waals surface area contributed by atoms with Gasteiger partial charge in [0.2, 0.25) is 0 Å². The lowest BCUT2D eigenvalue weighted by Crippen LogP contribution is -2.41. The number of nitrogens with one attached hydrogen (secondary N) is 1. The summed E-state index contributed by atoms with van der Waals surface area (Å²) in [4.78, 5) is 0. The van der Waals surface area contributed by atoms with E-state index in [0.717, 1.165) is 5.92 Å². The molecule has 1 nitrogen and oxygen atoms in total. The van der Waals surface area contributed by atoms with Crippen molar-refractivity contribution in [3.05, 3.63) is 0 Å². The summed E-state index contributed by atoms with van der Waals surface area (Å²) in [5.74, 6) is 0.835. The summed E-state index contributed by atoms with van der Waals surface area (Å²) < 4.78 is 0. The second-order valence-corrected chi connectivity index (χ2v) is 6.39. The highest BCUT2D eigenvalue weighted by molar-refractivity contribution is 4.87. The molecule has 1 N–H and O–H groups in total. The Kier molecular flexibility index (Phi) is 3.63. The van der Waals surface area contributed by atoms with Gasteiger partial charge < -0.3 is 5.32 Å². The van der Waals surface area contributed by atoms with Crippen molar-refractivity contribution in [1.29, 1.82) is 0 Å². The van der Waals surface area contributed by atoms with Crippen molar-refractivity contribution in [1.82, 2.24) is 5.32 Å². The zero-order valence-corrected chi connectivity index (χ0v) is 10.6. The van der Waals surface area contributed by atoms with E-state index >= 15 is 0 Å². The SMILES string of the molecule is CCC1CNCCC(C)(C)CC1(C)C. The smallest absolute Gasteiger partial charge is 0.00155 e. The quantitative estimate of drug-likeness (QED) is 0.679. The Labute approximate surface area is 89.7 Å². The van der Waals surface area contributed by atoms with Gasteiger partial charge in [-0.3, -0.25) is 0 Å². The van der Waals surface area contributed by atoms with E-state index in [0.29, 0.717) is 10.8 Å². The van der Waals surface area contributed by atoms with Crippen LogP contribution in [0.15, 0.2) is 0 Å². The van der Waals surface area contributed by atoms with Gasteiger partial charge in [0.05, 0.1) is 0 Å². The highest BCUT2D eigenvalue weighted by Gasteiger charge is 2.35. The monoisotopic (exact) mass is 197 g/mol.